The minimum absolute atomic E-state index is 0. The Morgan fingerprint density at radius 3 is 1.20 bits per heavy atom. The topological polar surface area (TPSA) is 185 Å². The molecular formula is C8H16N2Na2O8. The van der Waals surface area contributed by atoms with Crippen LogP contribution in [0.15, 0.2) is 0 Å². The minimum atomic E-state index is -1.51. The van der Waals surface area contributed by atoms with Gasteiger partial charge in [-0.25, -0.2) is 0 Å². The summed E-state index contributed by atoms with van der Waals surface area (Å²) in [6.07, 6.45) is -3.02. The summed E-state index contributed by atoms with van der Waals surface area (Å²) in [4.78, 5) is 19.3. The van der Waals surface area contributed by atoms with E-state index in [2.05, 4.69) is 10.6 Å². The first-order valence-electron chi connectivity index (χ1n) is 4.79. The van der Waals surface area contributed by atoms with Crippen molar-refractivity contribution in [1.82, 2.24) is 10.6 Å². The fraction of sp³-hybridized carbons (Fsp3) is 0.750. The molecule has 0 radical (unpaired) electrons. The molecule has 0 saturated carbocycles. The molecule has 0 atom stereocenters. The fourth-order valence-electron chi connectivity index (χ4n) is 0.607. The summed E-state index contributed by atoms with van der Waals surface area (Å²) >= 11 is 0. The first kappa shape index (κ1) is 28.8. The van der Waals surface area contributed by atoms with Gasteiger partial charge in [-0.1, -0.05) is 0 Å². The first-order valence-corrected chi connectivity index (χ1v) is 4.79. The second-order valence-electron chi connectivity index (χ2n) is 2.97. The maximum absolute atomic E-state index is 9.64. The predicted octanol–water partition coefficient (Wildman–Crippen LogP) is -12.7. The molecule has 6 N–H and O–H groups in total. The van der Waals surface area contributed by atoms with Crippen LogP contribution in [0, 0.1) is 0 Å². The monoisotopic (exact) mass is 314 g/mol. The number of hydrogen-bond acceptors (Lipinski definition) is 10. The molecule has 0 spiro atoms. The predicted molar refractivity (Wildman–Crippen MR) is 52.2 cm³/mol. The average Bonchev–Trinajstić information content (AvgIpc) is 2.15. The Morgan fingerprint density at radius 2 is 1.05 bits per heavy atom. The van der Waals surface area contributed by atoms with Crippen molar-refractivity contribution in [3.63, 3.8) is 0 Å². The second-order valence-corrected chi connectivity index (χ2v) is 2.97. The van der Waals surface area contributed by atoms with Crippen LogP contribution in [0.3, 0.4) is 0 Å². The van der Waals surface area contributed by atoms with E-state index in [9.17, 15) is 19.8 Å². The fourth-order valence-corrected chi connectivity index (χ4v) is 0.607. The van der Waals surface area contributed by atoms with E-state index in [0.29, 0.717) is 0 Å². The van der Waals surface area contributed by atoms with Gasteiger partial charge in [0.1, 0.15) is 0 Å². The van der Waals surface area contributed by atoms with E-state index in [1.165, 1.54) is 0 Å². The van der Waals surface area contributed by atoms with Gasteiger partial charge in [0.15, 0.2) is 12.6 Å². The summed E-state index contributed by atoms with van der Waals surface area (Å²) in [6, 6.07) is 0. The third kappa shape index (κ3) is 36.3. The molecule has 0 aliphatic heterocycles. The number of carbonyl (C=O) groups excluding carboxylic acids is 2. The number of nitrogens with one attached hydrogen (secondary N) is 2. The number of rotatable bonds is 8. The number of carboxylic acid groups (broad SMARTS) is 2. The van der Waals surface area contributed by atoms with Gasteiger partial charge in [-0.15, -0.1) is 0 Å². The normalized spacial score (nSPS) is 9.10. The number of carbonyl (C=O) groups is 2. The smallest absolute Gasteiger partial charge is 0.549 e. The zero-order valence-corrected chi connectivity index (χ0v) is 15.4. The van der Waals surface area contributed by atoms with E-state index in [1.54, 1.807) is 0 Å². The van der Waals surface area contributed by atoms with Crippen LogP contribution in [-0.4, -0.2) is 71.1 Å². The van der Waals surface area contributed by atoms with E-state index in [4.69, 9.17) is 20.4 Å². The SMILES string of the molecule is O=C([O-])CNCC(O)O.O=C([O-])CNCC(O)O.[Na+].[Na+]. The van der Waals surface area contributed by atoms with Crippen molar-refractivity contribution in [3.8, 4) is 0 Å². The molecule has 108 valence electrons. The van der Waals surface area contributed by atoms with Gasteiger partial charge in [0, 0.05) is 26.2 Å². The van der Waals surface area contributed by atoms with E-state index in [-0.39, 0.29) is 85.3 Å². The Labute approximate surface area is 159 Å². The summed E-state index contributed by atoms with van der Waals surface area (Å²) in [7, 11) is 0. The van der Waals surface area contributed by atoms with Gasteiger partial charge in [0.05, 0.1) is 11.9 Å². The first-order chi connectivity index (χ1) is 8.25. The number of hydrogen-bond donors (Lipinski definition) is 6. The Morgan fingerprint density at radius 1 is 0.800 bits per heavy atom. The molecule has 0 aromatic rings. The second kappa shape index (κ2) is 19.7. The van der Waals surface area contributed by atoms with Crippen molar-refractivity contribution in [3.05, 3.63) is 0 Å². The molecule has 0 aliphatic carbocycles. The Balaban J connectivity index is -0.000000116. The molecule has 0 bridgehead atoms. The van der Waals surface area contributed by atoms with Gasteiger partial charge in [-0.2, -0.15) is 0 Å². The zero-order valence-electron chi connectivity index (χ0n) is 11.4. The number of carboxylic acids is 2. The molecule has 0 aromatic carbocycles. The van der Waals surface area contributed by atoms with Crippen molar-refractivity contribution in [1.29, 1.82) is 0 Å². The van der Waals surface area contributed by atoms with Crippen LogP contribution < -0.4 is 80.0 Å². The largest absolute Gasteiger partial charge is 1.00 e. The summed E-state index contributed by atoms with van der Waals surface area (Å²) in [5, 5.41) is 56.3. The molecule has 0 heterocycles. The van der Waals surface area contributed by atoms with Crippen LogP contribution in [0.25, 0.3) is 0 Å². The molecule has 12 heteroatoms. The van der Waals surface area contributed by atoms with E-state index in [0.717, 1.165) is 0 Å². The van der Waals surface area contributed by atoms with Crippen LogP contribution in [0.5, 0.6) is 0 Å². The molecular weight excluding hydrogens is 298 g/mol. The Kier molecular flexibility index (Phi) is 28.4. The van der Waals surface area contributed by atoms with Gasteiger partial charge >= 0.3 is 59.1 Å². The molecule has 0 rings (SSSR count). The third-order valence-electron chi connectivity index (χ3n) is 1.19. The molecule has 0 unspecified atom stereocenters. The van der Waals surface area contributed by atoms with E-state index in [1.807, 2.05) is 0 Å². The van der Waals surface area contributed by atoms with Gasteiger partial charge in [0.2, 0.25) is 0 Å². The van der Waals surface area contributed by atoms with Gasteiger partial charge in [-0.05, 0) is 0 Å². The zero-order chi connectivity index (χ0) is 14.6. The number of aliphatic hydroxyl groups is 4. The quantitative estimate of drug-likeness (QED) is 0.185. The number of aliphatic carboxylic acids is 2. The third-order valence-corrected chi connectivity index (χ3v) is 1.19. The van der Waals surface area contributed by atoms with Crippen LogP contribution in [0.1, 0.15) is 0 Å². The Bertz CT molecular complexity index is 219. The molecule has 0 aliphatic rings. The standard InChI is InChI=1S/2C4H9NO4.2Na/c2*6-3(7)1-5-2-4(8)9;;/h2*3,5-7H,1-2H2,(H,8,9);;/q;;2*+1/p-2. The van der Waals surface area contributed by atoms with E-state index >= 15 is 0 Å². The molecule has 10 nitrogen and oxygen atoms in total. The Hall–Kier alpha value is 0.700. The van der Waals surface area contributed by atoms with Crippen LogP contribution in [0.4, 0.5) is 0 Å². The summed E-state index contributed by atoms with van der Waals surface area (Å²) in [5.74, 6) is -2.54. The summed E-state index contributed by atoms with van der Waals surface area (Å²) < 4.78 is 0. The van der Waals surface area contributed by atoms with Gasteiger partial charge in [-0.3, -0.25) is 0 Å². The molecule has 20 heavy (non-hydrogen) atoms. The molecule has 0 saturated heterocycles. The van der Waals surface area contributed by atoms with Crippen LogP contribution >= 0.6 is 0 Å². The molecule has 0 amide bonds. The van der Waals surface area contributed by atoms with Gasteiger partial charge < -0.3 is 50.9 Å². The van der Waals surface area contributed by atoms with Crippen LogP contribution in [-0.2, 0) is 9.59 Å². The van der Waals surface area contributed by atoms with E-state index < -0.39 is 24.5 Å². The maximum Gasteiger partial charge on any atom is 1.00 e. The number of aliphatic hydroxyl groups excluding tert-OH is 2. The van der Waals surface area contributed by atoms with Crippen molar-refractivity contribution in [2.45, 2.75) is 12.6 Å². The maximum atomic E-state index is 9.64. The summed E-state index contributed by atoms with van der Waals surface area (Å²) in [6.45, 7) is -1.04. The van der Waals surface area contributed by atoms with Crippen molar-refractivity contribution >= 4 is 11.9 Å². The van der Waals surface area contributed by atoms with Crippen molar-refractivity contribution < 1.29 is 99.3 Å². The van der Waals surface area contributed by atoms with Crippen molar-refractivity contribution in [2.24, 2.45) is 0 Å². The summed E-state index contributed by atoms with van der Waals surface area (Å²) in [5.41, 5.74) is 0. The molecule has 0 fully saturated rings. The van der Waals surface area contributed by atoms with Crippen molar-refractivity contribution in [2.75, 3.05) is 26.2 Å². The molecule has 0 aromatic heterocycles. The minimum Gasteiger partial charge on any atom is -0.549 e. The van der Waals surface area contributed by atoms with Crippen LogP contribution in [0.2, 0.25) is 0 Å². The van der Waals surface area contributed by atoms with Gasteiger partial charge in [0.25, 0.3) is 0 Å². The average molecular weight is 314 g/mol.